The Hall–Kier alpha value is -3.49. The molecule has 1 aromatic heterocycles. The molecule has 8 nitrogen and oxygen atoms in total. The third-order valence-corrected chi connectivity index (χ3v) is 10.6. The molecule has 2 aromatic carbocycles. The van der Waals surface area contributed by atoms with Crippen LogP contribution < -0.4 is 5.06 Å². The van der Waals surface area contributed by atoms with E-state index >= 15 is 0 Å². The highest BCUT2D eigenvalue weighted by atomic mass is 16.7. The van der Waals surface area contributed by atoms with Crippen molar-refractivity contribution < 1.29 is 19.1 Å². The number of hydroxylamine groups is 1. The van der Waals surface area contributed by atoms with Gasteiger partial charge in [-0.15, -0.1) is 0 Å². The molecule has 9 rings (SSSR count). The second-order valence-electron chi connectivity index (χ2n) is 13.8. The van der Waals surface area contributed by atoms with E-state index in [9.17, 15) is 4.79 Å². The van der Waals surface area contributed by atoms with Gasteiger partial charge in [0.05, 0.1) is 23.5 Å². The number of aromatic nitrogens is 2. The summed E-state index contributed by atoms with van der Waals surface area (Å²) in [5, 5.41) is 1.75. The Morgan fingerprint density at radius 1 is 0.932 bits per heavy atom. The lowest BCUT2D eigenvalue weighted by molar-refractivity contribution is -0.169. The number of ether oxygens (including phenoxy) is 2. The molecular weight excluding hydrogens is 552 g/mol. The Bertz CT molecular complexity index is 1490. The average Bonchev–Trinajstić information content (AvgIpc) is 3.71. The largest absolute Gasteiger partial charge is 0.457 e. The van der Waals surface area contributed by atoms with Crippen LogP contribution in [0.25, 0.3) is 0 Å². The van der Waals surface area contributed by atoms with Crippen molar-refractivity contribution in [1.29, 1.82) is 0 Å². The maximum absolute atomic E-state index is 13.0. The number of carbonyl (C=O) groups is 1. The quantitative estimate of drug-likeness (QED) is 0.259. The van der Waals surface area contributed by atoms with Gasteiger partial charge in [-0.1, -0.05) is 61.7 Å². The first-order valence-electron chi connectivity index (χ1n) is 16.6. The molecular formula is C36H42N4O4. The van der Waals surface area contributed by atoms with Gasteiger partial charge >= 0.3 is 5.97 Å². The zero-order valence-electron chi connectivity index (χ0n) is 25.4. The fourth-order valence-corrected chi connectivity index (χ4v) is 8.93. The monoisotopic (exact) mass is 594 g/mol. The molecule has 3 aromatic rings. The van der Waals surface area contributed by atoms with Gasteiger partial charge in [0, 0.05) is 11.5 Å². The number of hydrogen-bond acceptors (Lipinski definition) is 7. The number of benzene rings is 2. The Morgan fingerprint density at radius 2 is 1.68 bits per heavy atom. The summed E-state index contributed by atoms with van der Waals surface area (Å²) in [5.74, 6) is 4.92. The van der Waals surface area contributed by atoms with E-state index in [4.69, 9.17) is 24.3 Å². The number of esters is 1. The van der Waals surface area contributed by atoms with Gasteiger partial charge < -0.3 is 14.5 Å². The number of amidine groups is 1. The lowest BCUT2D eigenvalue weighted by Gasteiger charge is -2.56. The minimum absolute atomic E-state index is 0.000635. The van der Waals surface area contributed by atoms with E-state index < -0.39 is 0 Å². The van der Waals surface area contributed by atoms with Gasteiger partial charge in [0.15, 0.2) is 18.4 Å². The lowest BCUT2D eigenvalue weighted by atomic mass is 9.54. The van der Waals surface area contributed by atoms with Gasteiger partial charge in [0.1, 0.15) is 12.4 Å². The molecule has 44 heavy (non-hydrogen) atoms. The van der Waals surface area contributed by atoms with E-state index in [0.717, 1.165) is 59.1 Å². The van der Waals surface area contributed by atoms with Crippen LogP contribution in [0.4, 0.5) is 5.82 Å². The molecule has 230 valence electrons. The number of hydrogen-bond donors (Lipinski definition) is 1. The zero-order chi connectivity index (χ0) is 29.5. The van der Waals surface area contributed by atoms with Crippen molar-refractivity contribution in [2.75, 3.05) is 11.8 Å². The lowest BCUT2D eigenvalue weighted by Crippen LogP contribution is -2.51. The molecule has 6 aliphatic rings. The number of nitrogens with zero attached hydrogens (tertiary/aromatic N) is 3. The summed E-state index contributed by atoms with van der Waals surface area (Å²) in [6, 6.07) is 17.1. The van der Waals surface area contributed by atoms with Crippen LogP contribution in [0.15, 0.2) is 59.6 Å². The fraction of sp³-hybridized carbons (Fsp3) is 0.528. The molecule has 0 spiro atoms. The van der Waals surface area contributed by atoms with Gasteiger partial charge in [-0.05, 0) is 86.8 Å². The highest BCUT2D eigenvalue weighted by molar-refractivity contribution is 6.10. The average molecular weight is 595 g/mol. The first kappa shape index (κ1) is 28.0. The molecule has 0 amide bonds. The highest BCUT2D eigenvalue weighted by Crippen LogP contribution is 2.57. The molecule has 0 saturated heterocycles. The normalized spacial score (nSPS) is 28.0. The third kappa shape index (κ3) is 5.58. The van der Waals surface area contributed by atoms with E-state index in [1.54, 1.807) is 11.1 Å². The van der Waals surface area contributed by atoms with Gasteiger partial charge in [0.2, 0.25) is 0 Å². The Labute approximate surface area is 259 Å². The van der Waals surface area contributed by atoms with Crippen molar-refractivity contribution in [3.8, 4) is 0 Å². The van der Waals surface area contributed by atoms with Gasteiger partial charge in [-0.3, -0.25) is 0 Å². The maximum atomic E-state index is 13.0. The van der Waals surface area contributed by atoms with Crippen molar-refractivity contribution in [2.24, 2.45) is 22.7 Å². The minimum atomic E-state index is -0.370. The van der Waals surface area contributed by atoms with Crippen LogP contribution in [-0.2, 0) is 27.5 Å². The second kappa shape index (κ2) is 11.8. The molecule has 0 radical (unpaired) electrons. The second-order valence-corrected chi connectivity index (χ2v) is 13.8. The number of aromatic amines is 1. The molecule has 4 bridgehead atoms. The van der Waals surface area contributed by atoms with Crippen LogP contribution in [0.2, 0.25) is 0 Å². The molecule has 0 unspecified atom stereocenters. The molecule has 1 aliphatic heterocycles. The van der Waals surface area contributed by atoms with E-state index in [2.05, 4.69) is 4.98 Å². The minimum Gasteiger partial charge on any atom is -0.457 e. The highest BCUT2D eigenvalue weighted by Gasteiger charge is 2.51. The van der Waals surface area contributed by atoms with Crippen molar-refractivity contribution in [2.45, 2.75) is 95.4 Å². The first-order chi connectivity index (χ1) is 21.6. The Morgan fingerprint density at radius 3 is 2.43 bits per heavy atom. The Balaban J connectivity index is 1.04. The topological polar surface area (TPSA) is 89.0 Å². The molecule has 8 heteroatoms. The smallest absolute Gasteiger partial charge is 0.338 e. The number of anilines is 1. The maximum Gasteiger partial charge on any atom is 0.338 e. The number of nitrogens with one attached hydrogen (secondary N) is 1. The third-order valence-electron chi connectivity index (χ3n) is 10.6. The predicted octanol–water partition coefficient (Wildman–Crippen LogP) is 7.46. The molecule has 0 atom stereocenters. The molecule has 2 heterocycles. The van der Waals surface area contributed by atoms with E-state index in [0.29, 0.717) is 23.9 Å². The summed E-state index contributed by atoms with van der Waals surface area (Å²) in [5.41, 5.74) is 3.16. The van der Waals surface area contributed by atoms with E-state index in [-0.39, 0.29) is 24.9 Å². The number of aliphatic imine (C=N–C) groups is 1. The number of carbonyl (C=O) groups excluding carboxylic acids is 1. The van der Waals surface area contributed by atoms with Crippen molar-refractivity contribution in [3.05, 3.63) is 82.8 Å². The summed E-state index contributed by atoms with van der Waals surface area (Å²) in [7, 11) is 0. The van der Waals surface area contributed by atoms with Crippen LogP contribution in [-0.4, -0.2) is 34.1 Å². The number of imidazole rings is 1. The van der Waals surface area contributed by atoms with E-state index in [1.807, 2.05) is 48.5 Å². The van der Waals surface area contributed by atoms with Crippen LogP contribution in [0.5, 0.6) is 0 Å². The molecule has 5 fully saturated rings. The van der Waals surface area contributed by atoms with Crippen molar-refractivity contribution in [3.63, 3.8) is 0 Å². The van der Waals surface area contributed by atoms with Crippen molar-refractivity contribution in [1.82, 2.24) is 9.97 Å². The van der Waals surface area contributed by atoms with E-state index in [1.165, 1.54) is 57.8 Å². The van der Waals surface area contributed by atoms with Crippen molar-refractivity contribution >= 4 is 17.6 Å². The summed E-state index contributed by atoms with van der Waals surface area (Å²) in [6.45, 7) is 0.906. The van der Waals surface area contributed by atoms with Crippen LogP contribution in [0.1, 0.15) is 110 Å². The number of H-pyrrole nitrogens is 1. The predicted molar refractivity (Wildman–Crippen MR) is 167 cm³/mol. The SMILES string of the molecule is O=C(OCc1ccccc1)c1cccc(C2=NCON2c2nc(C3CCCCC3)[nH]c2COC23CC4CC(CC(C4)C2)C3)c1. The summed E-state index contributed by atoms with van der Waals surface area (Å²) < 4.78 is 12.5. The molecule has 1 N–H and O–H groups in total. The summed E-state index contributed by atoms with van der Waals surface area (Å²) >= 11 is 0. The summed E-state index contributed by atoms with van der Waals surface area (Å²) in [4.78, 5) is 32.7. The standard InChI is InChI=1S/C36H42N4O4/c41-35(42-21-24-8-3-1-4-9-24)30-13-7-12-29(17-30)33-37-23-44-40(33)34-31(38-32(39-34)28-10-5-2-6-11-28)22-43-36-18-25-14-26(19-36)16-27(15-25)20-36/h1,3-4,7-9,12-13,17,25-28H,2,5-6,10-11,14-16,18-23H2,(H,38,39). The Kier molecular flexibility index (Phi) is 7.50. The van der Waals surface area contributed by atoms with Crippen LogP contribution >= 0.6 is 0 Å². The molecule has 5 aliphatic carbocycles. The van der Waals surface area contributed by atoms with Gasteiger partial charge in [-0.2, -0.15) is 5.06 Å². The zero-order valence-corrected chi connectivity index (χ0v) is 25.4. The van der Waals surface area contributed by atoms with Gasteiger partial charge in [0.25, 0.3) is 0 Å². The van der Waals surface area contributed by atoms with Gasteiger partial charge in [-0.25, -0.2) is 19.6 Å². The first-order valence-corrected chi connectivity index (χ1v) is 16.6. The summed E-state index contributed by atoms with van der Waals surface area (Å²) in [6.07, 6.45) is 13.8. The van der Waals surface area contributed by atoms with Crippen LogP contribution in [0, 0.1) is 17.8 Å². The fourth-order valence-electron chi connectivity index (χ4n) is 8.93. The molecule has 5 saturated carbocycles. The number of rotatable bonds is 9. The van der Waals surface area contributed by atoms with Crippen LogP contribution in [0.3, 0.4) is 0 Å².